The Kier molecular flexibility index (Phi) is 4.39. The van der Waals surface area contributed by atoms with Crippen LogP contribution in [-0.2, 0) is 6.54 Å². The number of aromatic nitrogens is 6. The molecule has 140 valence electrons. The van der Waals surface area contributed by atoms with Crippen LogP contribution in [0, 0.1) is 13.8 Å². The van der Waals surface area contributed by atoms with Gasteiger partial charge in [-0.3, -0.25) is 9.48 Å². The van der Waals surface area contributed by atoms with E-state index in [-0.39, 0.29) is 5.91 Å². The third-order valence-electron chi connectivity index (χ3n) is 4.78. The Morgan fingerprint density at radius 2 is 2.04 bits per heavy atom. The van der Waals surface area contributed by atoms with Gasteiger partial charge < -0.3 is 4.90 Å². The summed E-state index contributed by atoms with van der Waals surface area (Å²) in [5.74, 6) is 0.712. The largest absolute Gasteiger partial charge is 0.338 e. The van der Waals surface area contributed by atoms with Crippen molar-refractivity contribution in [2.24, 2.45) is 0 Å². The van der Waals surface area contributed by atoms with Gasteiger partial charge in [0.1, 0.15) is 17.7 Å². The Hall–Kier alpha value is -2.81. The van der Waals surface area contributed by atoms with E-state index in [1.807, 2.05) is 43.3 Å². The summed E-state index contributed by atoms with van der Waals surface area (Å²) in [6, 6.07) is 1.95. The molecule has 0 aliphatic carbocycles. The van der Waals surface area contributed by atoms with Gasteiger partial charge in [-0.15, -0.1) is 16.4 Å². The predicted molar refractivity (Wildman–Crippen MR) is 104 cm³/mol. The molecule has 0 spiro atoms. The first-order valence-electron chi connectivity index (χ1n) is 8.94. The Bertz CT molecular complexity index is 1140. The van der Waals surface area contributed by atoms with E-state index in [2.05, 4.69) is 15.2 Å². The van der Waals surface area contributed by atoms with E-state index in [0.29, 0.717) is 25.5 Å². The summed E-state index contributed by atoms with van der Waals surface area (Å²) in [6.45, 7) is 9.80. The first-order valence-corrected chi connectivity index (χ1v) is 9.76. The molecule has 8 nitrogen and oxygen atoms in total. The monoisotopic (exact) mass is 383 g/mol. The number of aryl methyl sites for hydroxylation is 2. The van der Waals surface area contributed by atoms with Gasteiger partial charge in [-0.05, 0) is 39.3 Å². The minimum Gasteiger partial charge on any atom is -0.338 e. The topological polar surface area (TPSA) is 81.2 Å². The highest BCUT2D eigenvalue weighted by Crippen LogP contribution is 2.32. The maximum atomic E-state index is 12.8. The molecule has 0 saturated carbocycles. The second kappa shape index (κ2) is 6.73. The van der Waals surface area contributed by atoms with Crippen molar-refractivity contribution in [1.82, 2.24) is 34.3 Å². The molecule has 0 N–H and O–H groups in total. The number of nitrogens with zero attached hydrogens (tertiary/aromatic N) is 7. The molecule has 27 heavy (non-hydrogen) atoms. The summed E-state index contributed by atoms with van der Waals surface area (Å²) in [5, 5.41) is 9.72. The lowest BCUT2D eigenvalue weighted by Crippen LogP contribution is -2.30. The van der Waals surface area contributed by atoms with Crippen molar-refractivity contribution < 1.29 is 4.79 Å². The van der Waals surface area contributed by atoms with Gasteiger partial charge in [-0.2, -0.15) is 5.10 Å². The van der Waals surface area contributed by atoms with Crippen molar-refractivity contribution in [2.75, 3.05) is 13.1 Å². The number of fused-ring (bicyclic) bond motifs is 3. The maximum absolute atomic E-state index is 12.8. The minimum atomic E-state index is 0.0468. The van der Waals surface area contributed by atoms with Crippen LogP contribution in [0.15, 0.2) is 18.6 Å². The van der Waals surface area contributed by atoms with E-state index in [4.69, 9.17) is 4.98 Å². The van der Waals surface area contributed by atoms with Crippen molar-refractivity contribution in [3.05, 3.63) is 40.5 Å². The Labute approximate surface area is 160 Å². The number of thiophene rings is 1. The molecule has 0 unspecified atom stereocenters. The zero-order valence-corrected chi connectivity index (χ0v) is 16.6. The smallest absolute Gasteiger partial charge is 0.264 e. The fourth-order valence-electron chi connectivity index (χ4n) is 3.20. The van der Waals surface area contributed by atoms with Crippen LogP contribution in [0.1, 0.15) is 40.6 Å². The summed E-state index contributed by atoms with van der Waals surface area (Å²) in [4.78, 5) is 25.4. The van der Waals surface area contributed by atoms with Crippen LogP contribution in [0.5, 0.6) is 0 Å². The zero-order chi connectivity index (χ0) is 19.1. The van der Waals surface area contributed by atoms with Crippen molar-refractivity contribution in [3.63, 3.8) is 0 Å². The molecule has 0 aliphatic heterocycles. The van der Waals surface area contributed by atoms with Gasteiger partial charge in [0.15, 0.2) is 11.5 Å². The van der Waals surface area contributed by atoms with Crippen molar-refractivity contribution in [3.8, 4) is 0 Å². The van der Waals surface area contributed by atoms with E-state index >= 15 is 0 Å². The third kappa shape index (κ3) is 2.87. The van der Waals surface area contributed by atoms with Gasteiger partial charge in [0.05, 0.1) is 10.3 Å². The van der Waals surface area contributed by atoms with Crippen LogP contribution >= 0.6 is 11.3 Å². The molecule has 4 aromatic heterocycles. The molecule has 0 bridgehead atoms. The van der Waals surface area contributed by atoms with Crippen molar-refractivity contribution >= 4 is 33.1 Å². The fourth-order valence-corrected chi connectivity index (χ4v) is 4.31. The molecular formula is C18H21N7OS. The van der Waals surface area contributed by atoms with Crippen LogP contribution in [-0.4, -0.2) is 53.3 Å². The van der Waals surface area contributed by atoms with Crippen LogP contribution in [0.2, 0.25) is 0 Å². The van der Waals surface area contributed by atoms with E-state index in [9.17, 15) is 4.79 Å². The normalized spacial score (nSPS) is 11.6. The molecule has 4 heterocycles. The van der Waals surface area contributed by atoms with Crippen LogP contribution < -0.4 is 0 Å². The van der Waals surface area contributed by atoms with Crippen molar-refractivity contribution in [2.45, 2.75) is 34.2 Å². The predicted octanol–water partition coefficient (Wildman–Crippen LogP) is 2.68. The van der Waals surface area contributed by atoms with Gasteiger partial charge in [-0.25, -0.2) is 14.5 Å². The second-order valence-corrected chi connectivity index (χ2v) is 7.38. The molecule has 4 rings (SSSR count). The summed E-state index contributed by atoms with van der Waals surface area (Å²) < 4.78 is 3.54. The van der Waals surface area contributed by atoms with Crippen LogP contribution in [0.25, 0.3) is 15.9 Å². The lowest BCUT2D eigenvalue weighted by Gasteiger charge is -2.17. The first-order chi connectivity index (χ1) is 13.0. The van der Waals surface area contributed by atoms with Gasteiger partial charge in [0.2, 0.25) is 0 Å². The van der Waals surface area contributed by atoms with E-state index in [1.165, 1.54) is 11.3 Å². The summed E-state index contributed by atoms with van der Waals surface area (Å²) in [7, 11) is 0. The summed E-state index contributed by atoms with van der Waals surface area (Å²) >= 11 is 1.42. The van der Waals surface area contributed by atoms with Gasteiger partial charge in [0, 0.05) is 25.0 Å². The second-order valence-electron chi connectivity index (χ2n) is 6.38. The van der Waals surface area contributed by atoms with E-state index in [0.717, 1.165) is 32.0 Å². The van der Waals surface area contributed by atoms with Crippen molar-refractivity contribution in [1.29, 1.82) is 0 Å². The zero-order valence-electron chi connectivity index (χ0n) is 15.8. The Balaban J connectivity index is 1.81. The third-order valence-corrected chi connectivity index (χ3v) is 5.96. The van der Waals surface area contributed by atoms with Gasteiger partial charge in [-0.1, -0.05) is 0 Å². The lowest BCUT2D eigenvalue weighted by molar-refractivity contribution is 0.0777. The average molecular weight is 383 g/mol. The average Bonchev–Trinajstić information content (AvgIpc) is 3.33. The quantitative estimate of drug-likeness (QED) is 0.529. The fraction of sp³-hybridized carbons (Fsp3) is 0.389. The van der Waals surface area contributed by atoms with Crippen LogP contribution in [0.3, 0.4) is 0 Å². The highest BCUT2D eigenvalue weighted by Gasteiger charge is 2.22. The molecule has 0 fully saturated rings. The number of carbonyl (C=O) groups excluding carboxylic acids is 1. The highest BCUT2D eigenvalue weighted by atomic mass is 32.1. The van der Waals surface area contributed by atoms with E-state index < -0.39 is 0 Å². The first kappa shape index (κ1) is 17.6. The molecular weight excluding hydrogens is 362 g/mol. The molecule has 0 aliphatic rings. The van der Waals surface area contributed by atoms with Crippen LogP contribution in [0.4, 0.5) is 0 Å². The van der Waals surface area contributed by atoms with E-state index in [1.54, 1.807) is 17.0 Å². The molecule has 0 aromatic carbocycles. The molecule has 4 aromatic rings. The number of rotatable bonds is 5. The summed E-state index contributed by atoms with van der Waals surface area (Å²) in [5.41, 5.74) is 2.70. The molecule has 0 radical (unpaired) electrons. The minimum absolute atomic E-state index is 0.0468. The SMILES string of the molecule is CCN(CC)C(=O)c1sc2ncn3nc(Cn4nccc4C)nc3c2c1C. The Morgan fingerprint density at radius 1 is 1.26 bits per heavy atom. The number of amides is 1. The number of hydrogen-bond acceptors (Lipinski definition) is 6. The summed E-state index contributed by atoms with van der Waals surface area (Å²) in [6.07, 6.45) is 3.42. The maximum Gasteiger partial charge on any atom is 0.264 e. The lowest BCUT2D eigenvalue weighted by atomic mass is 10.2. The van der Waals surface area contributed by atoms with Gasteiger partial charge in [0.25, 0.3) is 5.91 Å². The number of carbonyl (C=O) groups is 1. The molecule has 0 atom stereocenters. The molecule has 9 heteroatoms. The molecule has 0 saturated heterocycles. The Morgan fingerprint density at radius 3 is 2.70 bits per heavy atom. The molecule has 1 amide bonds. The van der Waals surface area contributed by atoms with Gasteiger partial charge >= 0.3 is 0 Å². The number of hydrogen-bond donors (Lipinski definition) is 0. The highest BCUT2D eigenvalue weighted by molar-refractivity contribution is 7.20. The standard InChI is InChI=1S/C18H21N7OS/c1-5-23(6-2)18(26)15-12(4)14-16-21-13(9-24-11(3)7-8-20-24)22-25(16)10-19-17(14)27-15/h7-8,10H,5-6,9H2,1-4H3.